The quantitative estimate of drug-likeness (QED) is 0.785. The summed E-state index contributed by atoms with van der Waals surface area (Å²) in [5.41, 5.74) is 1.79. The largest absolute Gasteiger partial charge is 0.361 e. The van der Waals surface area contributed by atoms with Crippen molar-refractivity contribution in [3.63, 3.8) is 0 Å². The molecule has 124 valence electrons. The van der Waals surface area contributed by atoms with Crippen LogP contribution in [0.3, 0.4) is 0 Å². The fraction of sp³-hybridized carbons (Fsp3) is 0.333. The zero-order valence-electron chi connectivity index (χ0n) is 13.9. The molecule has 1 aliphatic rings. The number of fused-ring (bicyclic) bond motifs is 1. The van der Waals surface area contributed by atoms with Crippen LogP contribution in [0.2, 0.25) is 0 Å². The smallest absolute Gasteiger partial charge is 0.253 e. The number of benzene rings is 1. The lowest BCUT2D eigenvalue weighted by molar-refractivity contribution is 0.0529. The highest BCUT2D eigenvalue weighted by Gasteiger charge is 2.31. The van der Waals surface area contributed by atoms with Gasteiger partial charge < -0.3 is 14.5 Å². The summed E-state index contributed by atoms with van der Waals surface area (Å²) in [6.07, 6.45) is 5.65. The molecule has 1 fully saturated rings. The predicted octanol–water partition coefficient (Wildman–Crippen LogP) is 2.03. The summed E-state index contributed by atoms with van der Waals surface area (Å²) in [6, 6.07) is 7.94. The summed E-state index contributed by atoms with van der Waals surface area (Å²) in [5.74, 6) is 1.08. The van der Waals surface area contributed by atoms with Crippen LogP contribution in [0.5, 0.6) is 0 Å². The molecule has 0 bridgehead atoms. The van der Waals surface area contributed by atoms with Gasteiger partial charge in [0.1, 0.15) is 5.82 Å². The highest BCUT2D eigenvalue weighted by atomic mass is 16.2. The van der Waals surface area contributed by atoms with Crippen LogP contribution in [-0.2, 0) is 7.05 Å². The second-order valence-electron chi connectivity index (χ2n) is 6.42. The van der Waals surface area contributed by atoms with E-state index in [1.165, 1.54) is 0 Å². The minimum absolute atomic E-state index is 0.0883. The van der Waals surface area contributed by atoms with E-state index < -0.39 is 0 Å². The topological polar surface area (TPSA) is 57.2 Å². The number of aromatic amines is 1. The van der Waals surface area contributed by atoms with Crippen LogP contribution in [0.4, 0.5) is 0 Å². The van der Waals surface area contributed by atoms with Crippen molar-refractivity contribution in [2.75, 3.05) is 26.7 Å². The molecule has 0 radical (unpaired) electrons. The first-order valence-electron chi connectivity index (χ1n) is 8.17. The van der Waals surface area contributed by atoms with Gasteiger partial charge in [0.2, 0.25) is 0 Å². The molecule has 3 aromatic rings. The monoisotopic (exact) mass is 323 g/mol. The molecule has 4 rings (SSSR count). The lowest BCUT2D eigenvalue weighted by Gasteiger charge is -2.39. The van der Waals surface area contributed by atoms with Gasteiger partial charge in [-0.2, -0.15) is 0 Å². The standard InChI is InChI=1S/C18H21N5O/c1-21-9-10-23(12-16(21)17-20-7-8-22(17)2)18(24)14-3-4-15-13(11-14)5-6-19-15/h3-8,11,16,19H,9-10,12H2,1-2H3/t16-/m0/s1. The average molecular weight is 323 g/mol. The lowest BCUT2D eigenvalue weighted by Crippen LogP contribution is -2.49. The minimum Gasteiger partial charge on any atom is -0.361 e. The maximum Gasteiger partial charge on any atom is 0.253 e. The number of aromatic nitrogens is 3. The fourth-order valence-electron chi connectivity index (χ4n) is 3.40. The molecule has 24 heavy (non-hydrogen) atoms. The Kier molecular flexibility index (Phi) is 3.61. The molecule has 2 aromatic heterocycles. The van der Waals surface area contributed by atoms with Gasteiger partial charge in [-0.25, -0.2) is 4.98 Å². The van der Waals surface area contributed by atoms with Crippen LogP contribution in [-0.4, -0.2) is 56.9 Å². The van der Waals surface area contributed by atoms with Crippen LogP contribution in [0, 0.1) is 0 Å². The van der Waals surface area contributed by atoms with E-state index in [9.17, 15) is 4.79 Å². The van der Waals surface area contributed by atoms with Gasteiger partial charge in [0.05, 0.1) is 6.04 Å². The molecule has 1 atom stereocenters. The van der Waals surface area contributed by atoms with E-state index >= 15 is 0 Å². The van der Waals surface area contributed by atoms with Crippen LogP contribution in [0.15, 0.2) is 42.9 Å². The second-order valence-corrected chi connectivity index (χ2v) is 6.42. The molecular weight excluding hydrogens is 302 g/mol. The number of nitrogens with zero attached hydrogens (tertiary/aromatic N) is 4. The molecule has 0 spiro atoms. The number of hydrogen-bond donors (Lipinski definition) is 1. The Morgan fingerprint density at radius 3 is 2.92 bits per heavy atom. The van der Waals surface area contributed by atoms with Crippen molar-refractivity contribution in [1.29, 1.82) is 0 Å². The third-order valence-corrected chi connectivity index (χ3v) is 4.89. The minimum atomic E-state index is 0.0883. The van der Waals surface area contributed by atoms with Crippen molar-refractivity contribution in [2.45, 2.75) is 6.04 Å². The van der Waals surface area contributed by atoms with Crippen LogP contribution >= 0.6 is 0 Å². The fourth-order valence-corrected chi connectivity index (χ4v) is 3.40. The van der Waals surface area contributed by atoms with E-state index in [1.807, 2.05) is 59.4 Å². The first-order valence-corrected chi connectivity index (χ1v) is 8.17. The number of carbonyl (C=O) groups excluding carboxylic acids is 1. The summed E-state index contributed by atoms with van der Waals surface area (Å²) in [7, 11) is 4.09. The Hall–Kier alpha value is -2.60. The van der Waals surface area contributed by atoms with E-state index in [2.05, 4.69) is 21.9 Å². The molecule has 3 heterocycles. The first kappa shape index (κ1) is 15.0. The Bertz CT molecular complexity index is 880. The van der Waals surface area contributed by atoms with Crippen molar-refractivity contribution in [3.8, 4) is 0 Å². The van der Waals surface area contributed by atoms with Crippen molar-refractivity contribution >= 4 is 16.8 Å². The second kappa shape index (κ2) is 5.79. The molecule has 1 N–H and O–H groups in total. The SMILES string of the molecule is CN1CCN(C(=O)c2ccc3[nH]ccc3c2)C[C@H]1c1nccn1C. The number of piperazine rings is 1. The van der Waals surface area contributed by atoms with Crippen molar-refractivity contribution in [2.24, 2.45) is 7.05 Å². The molecule has 1 aromatic carbocycles. The Labute approximate surface area is 140 Å². The Morgan fingerprint density at radius 1 is 1.25 bits per heavy atom. The summed E-state index contributed by atoms with van der Waals surface area (Å²) in [6.45, 7) is 2.24. The third-order valence-electron chi connectivity index (χ3n) is 4.89. The molecule has 1 aliphatic heterocycles. The van der Waals surface area contributed by atoms with Gasteiger partial charge in [-0.15, -0.1) is 0 Å². The van der Waals surface area contributed by atoms with E-state index in [4.69, 9.17) is 0 Å². The van der Waals surface area contributed by atoms with E-state index in [1.54, 1.807) is 0 Å². The average Bonchev–Trinajstić information content (AvgIpc) is 3.22. The summed E-state index contributed by atoms with van der Waals surface area (Å²) < 4.78 is 2.03. The number of likely N-dealkylation sites (N-methyl/N-ethyl adjacent to an activating group) is 1. The molecule has 0 saturated carbocycles. The Morgan fingerprint density at radius 2 is 2.12 bits per heavy atom. The van der Waals surface area contributed by atoms with E-state index in [-0.39, 0.29) is 11.9 Å². The maximum absolute atomic E-state index is 12.9. The van der Waals surface area contributed by atoms with Crippen molar-refractivity contribution in [3.05, 3.63) is 54.2 Å². The predicted molar refractivity (Wildman–Crippen MR) is 92.8 cm³/mol. The van der Waals surface area contributed by atoms with Crippen LogP contribution in [0.25, 0.3) is 10.9 Å². The maximum atomic E-state index is 12.9. The number of hydrogen-bond acceptors (Lipinski definition) is 3. The van der Waals surface area contributed by atoms with Gasteiger partial charge in [0.15, 0.2) is 0 Å². The Balaban J connectivity index is 1.59. The highest BCUT2D eigenvalue weighted by Crippen LogP contribution is 2.24. The van der Waals surface area contributed by atoms with Gasteiger partial charge in [-0.05, 0) is 31.3 Å². The van der Waals surface area contributed by atoms with Gasteiger partial charge in [0, 0.05) is 61.7 Å². The molecule has 0 aliphatic carbocycles. The zero-order valence-corrected chi connectivity index (χ0v) is 13.9. The van der Waals surface area contributed by atoms with Crippen molar-refractivity contribution < 1.29 is 4.79 Å². The number of H-pyrrole nitrogens is 1. The zero-order chi connectivity index (χ0) is 16.7. The summed E-state index contributed by atoms with van der Waals surface area (Å²) in [4.78, 5) is 24.8. The molecule has 0 unspecified atom stereocenters. The van der Waals surface area contributed by atoms with Gasteiger partial charge in [-0.3, -0.25) is 9.69 Å². The van der Waals surface area contributed by atoms with Crippen LogP contribution < -0.4 is 0 Å². The number of amides is 1. The highest BCUT2D eigenvalue weighted by molar-refractivity contribution is 5.98. The molecule has 1 saturated heterocycles. The molecule has 1 amide bonds. The summed E-state index contributed by atoms with van der Waals surface area (Å²) >= 11 is 0. The van der Waals surface area contributed by atoms with E-state index in [0.717, 1.165) is 35.4 Å². The van der Waals surface area contributed by atoms with E-state index in [0.29, 0.717) is 6.54 Å². The first-order chi connectivity index (χ1) is 11.6. The lowest BCUT2D eigenvalue weighted by atomic mass is 10.1. The van der Waals surface area contributed by atoms with Gasteiger partial charge in [0.25, 0.3) is 5.91 Å². The number of aryl methyl sites for hydroxylation is 1. The third kappa shape index (κ3) is 2.49. The number of nitrogens with one attached hydrogen (secondary N) is 1. The molecule has 6 heteroatoms. The number of carbonyl (C=O) groups is 1. The number of imidazole rings is 1. The number of rotatable bonds is 2. The van der Waals surface area contributed by atoms with Gasteiger partial charge in [-0.1, -0.05) is 0 Å². The van der Waals surface area contributed by atoms with Crippen molar-refractivity contribution in [1.82, 2.24) is 24.3 Å². The van der Waals surface area contributed by atoms with Gasteiger partial charge >= 0.3 is 0 Å². The molecule has 6 nitrogen and oxygen atoms in total. The molecular formula is C18H21N5O. The normalized spacial score (nSPS) is 19.1. The summed E-state index contributed by atoms with van der Waals surface area (Å²) in [5, 5.41) is 1.07. The van der Waals surface area contributed by atoms with Crippen LogP contribution in [0.1, 0.15) is 22.2 Å².